The number of unbranched alkanes of at least 4 members (excludes halogenated alkanes) is 1. The number of carbonyl (C=O) groups excluding carboxylic acids is 1. The summed E-state index contributed by atoms with van der Waals surface area (Å²) >= 11 is 0. The Morgan fingerprint density at radius 3 is 3.14 bits per heavy atom. The molecule has 0 unspecified atom stereocenters. The number of nitrogens with one attached hydrogen (secondary N) is 3. The van der Waals surface area contributed by atoms with Gasteiger partial charge in [-0.1, -0.05) is 26.0 Å². The Bertz CT molecular complexity index is 621. The van der Waals surface area contributed by atoms with Crippen molar-refractivity contribution in [2.75, 3.05) is 18.5 Å². The van der Waals surface area contributed by atoms with Gasteiger partial charge in [0.1, 0.15) is 12.4 Å². The van der Waals surface area contributed by atoms with Gasteiger partial charge in [-0.15, -0.1) is 0 Å². The average molecular weight is 288 g/mol. The number of hydrogen-bond acceptors (Lipinski definition) is 3. The minimum Gasteiger partial charge on any atom is -0.490 e. The third kappa shape index (κ3) is 3.98. The highest BCUT2D eigenvalue weighted by Crippen LogP contribution is 2.25. The van der Waals surface area contributed by atoms with Crippen LogP contribution in [0.5, 0.6) is 5.75 Å². The molecule has 0 aliphatic rings. The number of hydrogen-bond donors (Lipinski definition) is 3. The Morgan fingerprint density at radius 1 is 1.52 bits per heavy atom. The van der Waals surface area contributed by atoms with E-state index < -0.39 is 0 Å². The molecule has 112 valence electrons. The fourth-order valence-corrected chi connectivity index (χ4v) is 1.86. The van der Waals surface area contributed by atoms with Crippen LogP contribution in [-0.2, 0) is 0 Å². The van der Waals surface area contributed by atoms with Crippen molar-refractivity contribution in [3.8, 4) is 5.75 Å². The molecular weight excluding hydrogens is 268 g/mol. The van der Waals surface area contributed by atoms with Gasteiger partial charge in [0.05, 0.1) is 5.52 Å². The van der Waals surface area contributed by atoms with Crippen molar-refractivity contribution in [1.82, 2.24) is 15.5 Å². The molecule has 1 heterocycles. The van der Waals surface area contributed by atoms with E-state index in [1.807, 2.05) is 18.2 Å². The van der Waals surface area contributed by atoms with Gasteiger partial charge in [0, 0.05) is 11.9 Å². The van der Waals surface area contributed by atoms with Crippen molar-refractivity contribution >= 4 is 22.8 Å². The molecule has 0 bridgehead atoms. The number of aromatic amines is 1. The third-order valence-corrected chi connectivity index (χ3v) is 2.95. The van der Waals surface area contributed by atoms with E-state index in [1.165, 1.54) is 0 Å². The van der Waals surface area contributed by atoms with Crippen LogP contribution in [0.2, 0.25) is 0 Å². The van der Waals surface area contributed by atoms with Crippen LogP contribution in [0.1, 0.15) is 19.8 Å². The van der Waals surface area contributed by atoms with Gasteiger partial charge >= 0.3 is 6.03 Å². The molecule has 2 aromatic rings. The molecule has 21 heavy (non-hydrogen) atoms. The van der Waals surface area contributed by atoms with Crippen LogP contribution >= 0.6 is 0 Å². The molecule has 2 amide bonds. The first-order valence-electron chi connectivity index (χ1n) is 7.01. The van der Waals surface area contributed by atoms with Gasteiger partial charge in [-0.25, -0.2) is 4.79 Å². The molecule has 0 aliphatic heterocycles. The lowest BCUT2D eigenvalue weighted by Crippen LogP contribution is -2.29. The number of rotatable bonds is 7. The highest BCUT2D eigenvalue weighted by Gasteiger charge is 2.09. The Balaban J connectivity index is 2.08. The minimum atomic E-state index is -0.255. The zero-order valence-electron chi connectivity index (χ0n) is 12.1. The summed E-state index contributed by atoms with van der Waals surface area (Å²) in [6.45, 7) is 6.77. The quantitative estimate of drug-likeness (QED) is 0.541. The number of nitrogens with zero attached hydrogens (tertiary/aromatic N) is 1. The van der Waals surface area contributed by atoms with Gasteiger partial charge in [-0.05, 0) is 24.6 Å². The maximum absolute atomic E-state index is 11.8. The smallest absolute Gasteiger partial charge is 0.320 e. The Hall–Kier alpha value is -2.50. The fraction of sp³-hybridized carbons (Fsp3) is 0.333. The average Bonchev–Trinajstić information content (AvgIpc) is 2.88. The van der Waals surface area contributed by atoms with Crippen LogP contribution in [0.4, 0.5) is 10.6 Å². The Morgan fingerprint density at radius 2 is 2.38 bits per heavy atom. The number of aromatic nitrogens is 2. The molecule has 2 rings (SSSR count). The number of benzene rings is 1. The maximum Gasteiger partial charge on any atom is 0.320 e. The Labute approximate surface area is 123 Å². The number of ether oxygens (including phenoxy) is 1. The lowest BCUT2D eigenvalue weighted by molar-refractivity contribution is 0.252. The molecule has 0 atom stereocenters. The van der Waals surface area contributed by atoms with E-state index in [1.54, 1.807) is 6.08 Å². The first-order chi connectivity index (χ1) is 10.2. The van der Waals surface area contributed by atoms with E-state index in [4.69, 9.17) is 4.74 Å². The van der Waals surface area contributed by atoms with Gasteiger partial charge in [-0.3, -0.25) is 10.4 Å². The molecule has 0 fully saturated rings. The molecular formula is C15H20N4O2. The number of urea groups is 1. The zero-order chi connectivity index (χ0) is 15.1. The molecule has 0 spiro atoms. The van der Waals surface area contributed by atoms with E-state index in [9.17, 15) is 4.79 Å². The van der Waals surface area contributed by atoms with Gasteiger partial charge in [0.15, 0.2) is 5.82 Å². The minimum absolute atomic E-state index is 0.255. The highest BCUT2D eigenvalue weighted by molar-refractivity contribution is 5.99. The first kappa shape index (κ1) is 14.9. The fourth-order valence-electron chi connectivity index (χ4n) is 1.86. The van der Waals surface area contributed by atoms with Crippen molar-refractivity contribution in [3.05, 3.63) is 30.9 Å². The normalized spacial score (nSPS) is 10.3. The van der Waals surface area contributed by atoms with E-state index >= 15 is 0 Å². The molecule has 1 aromatic carbocycles. The number of anilines is 1. The monoisotopic (exact) mass is 288 g/mol. The summed E-state index contributed by atoms with van der Waals surface area (Å²) in [5, 5.41) is 13.3. The van der Waals surface area contributed by atoms with E-state index in [0.717, 1.165) is 23.7 Å². The highest BCUT2D eigenvalue weighted by atomic mass is 16.5. The topological polar surface area (TPSA) is 79.0 Å². The van der Waals surface area contributed by atoms with E-state index in [0.29, 0.717) is 24.7 Å². The van der Waals surface area contributed by atoms with Crippen LogP contribution in [-0.4, -0.2) is 29.4 Å². The van der Waals surface area contributed by atoms with Crippen LogP contribution < -0.4 is 15.4 Å². The summed E-state index contributed by atoms with van der Waals surface area (Å²) in [7, 11) is 0. The molecule has 3 N–H and O–H groups in total. The van der Waals surface area contributed by atoms with Crippen LogP contribution in [0, 0.1) is 0 Å². The lowest BCUT2D eigenvalue weighted by atomic mass is 10.2. The second kappa shape index (κ2) is 7.33. The second-order valence-electron chi connectivity index (χ2n) is 4.61. The molecule has 0 aliphatic carbocycles. The largest absolute Gasteiger partial charge is 0.490 e. The Kier molecular flexibility index (Phi) is 5.20. The molecule has 0 saturated carbocycles. The predicted molar refractivity (Wildman–Crippen MR) is 83.7 cm³/mol. The maximum atomic E-state index is 11.8. The predicted octanol–water partition coefficient (Wildman–Crippen LogP) is 3.05. The van der Waals surface area contributed by atoms with Crippen LogP contribution in [0.3, 0.4) is 0 Å². The van der Waals surface area contributed by atoms with Crippen molar-refractivity contribution in [2.24, 2.45) is 0 Å². The number of carbonyl (C=O) groups is 1. The number of amides is 2. The van der Waals surface area contributed by atoms with Gasteiger partial charge in [0.25, 0.3) is 0 Å². The third-order valence-electron chi connectivity index (χ3n) is 2.95. The van der Waals surface area contributed by atoms with Crippen LogP contribution in [0.15, 0.2) is 30.9 Å². The van der Waals surface area contributed by atoms with Crippen molar-refractivity contribution in [1.29, 1.82) is 0 Å². The second-order valence-corrected chi connectivity index (χ2v) is 4.61. The molecule has 6 heteroatoms. The van der Waals surface area contributed by atoms with Crippen molar-refractivity contribution in [3.63, 3.8) is 0 Å². The van der Waals surface area contributed by atoms with Crippen molar-refractivity contribution < 1.29 is 9.53 Å². The molecule has 0 radical (unpaired) electrons. The zero-order valence-corrected chi connectivity index (χ0v) is 12.1. The number of fused-ring (bicyclic) bond motifs is 1. The van der Waals surface area contributed by atoms with Crippen molar-refractivity contribution in [2.45, 2.75) is 19.8 Å². The summed E-state index contributed by atoms with van der Waals surface area (Å²) in [6, 6.07) is 5.29. The van der Waals surface area contributed by atoms with E-state index in [-0.39, 0.29) is 6.03 Å². The first-order valence-corrected chi connectivity index (χ1v) is 7.01. The molecule has 6 nitrogen and oxygen atoms in total. The van der Waals surface area contributed by atoms with Gasteiger partial charge in [0.2, 0.25) is 0 Å². The summed E-state index contributed by atoms with van der Waals surface area (Å²) in [5.74, 6) is 1.20. The lowest BCUT2D eigenvalue weighted by Gasteiger charge is -2.06. The summed E-state index contributed by atoms with van der Waals surface area (Å²) in [5.41, 5.74) is 0.838. The molecule has 1 aromatic heterocycles. The van der Waals surface area contributed by atoms with Gasteiger partial charge < -0.3 is 10.1 Å². The summed E-state index contributed by atoms with van der Waals surface area (Å²) < 4.78 is 5.48. The summed E-state index contributed by atoms with van der Waals surface area (Å²) in [6.07, 6.45) is 3.67. The van der Waals surface area contributed by atoms with Crippen LogP contribution in [0.25, 0.3) is 10.9 Å². The summed E-state index contributed by atoms with van der Waals surface area (Å²) in [4.78, 5) is 11.8. The SMILES string of the molecule is C=CCOc1ccc2[nH]nc(NC(=O)NCCCC)c2c1. The molecule has 0 saturated heterocycles. The van der Waals surface area contributed by atoms with E-state index in [2.05, 4.69) is 34.3 Å². The van der Waals surface area contributed by atoms with Gasteiger partial charge in [-0.2, -0.15) is 5.10 Å². The standard InChI is InChI=1S/C15H20N4O2/c1-3-5-8-16-15(20)17-14-12-10-11(21-9-4-2)6-7-13(12)18-19-14/h4,6-7,10H,2-3,5,8-9H2,1H3,(H3,16,17,18,19,20). The number of H-pyrrole nitrogens is 1.